The maximum absolute atomic E-state index is 13.1. The van der Waals surface area contributed by atoms with Crippen LogP contribution in [0.2, 0.25) is 0 Å². The SMILES string of the molecule is Cc1nc(S(=O)(=O)N2CCC(C(=O)NCC(O)c3ccccc3C(F)(F)F)CC2)cn1C. The second-order valence-electron chi connectivity index (χ2n) is 7.76. The average molecular weight is 475 g/mol. The summed E-state index contributed by atoms with van der Waals surface area (Å²) < 4.78 is 67.7. The summed E-state index contributed by atoms with van der Waals surface area (Å²) in [6.45, 7) is 1.56. The van der Waals surface area contributed by atoms with E-state index < -0.39 is 39.7 Å². The molecule has 0 aliphatic carbocycles. The molecule has 1 saturated heterocycles. The number of amides is 1. The van der Waals surface area contributed by atoms with Crippen molar-refractivity contribution in [1.82, 2.24) is 19.2 Å². The van der Waals surface area contributed by atoms with Crippen molar-refractivity contribution < 1.29 is 31.5 Å². The number of hydrogen-bond donors (Lipinski definition) is 2. The Labute approximate surface area is 184 Å². The highest BCUT2D eigenvalue weighted by atomic mass is 32.2. The second-order valence-corrected chi connectivity index (χ2v) is 9.65. The second kappa shape index (κ2) is 9.20. The van der Waals surface area contributed by atoms with Gasteiger partial charge >= 0.3 is 6.18 Å². The summed E-state index contributed by atoms with van der Waals surface area (Å²) in [6, 6.07) is 4.66. The monoisotopic (exact) mass is 474 g/mol. The molecule has 1 unspecified atom stereocenters. The van der Waals surface area contributed by atoms with Gasteiger partial charge in [-0.1, -0.05) is 18.2 Å². The zero-order chi connectivity index (χ0) is 23.7. The van der Waals surface area contributed by atoms with Crippen LogP contribution in [0.5, 0.6) is 0 Å². The molecule has 1 aromatic carbocycles. The summed E-state index contributed by atoms with van der Waals surface area (Å²) in [5.74, 6) is -0.375. The van der Waals surface area contributed by atoms with E-state index in [2.05, 4.69) is 10.3 Å². The number of aliphatic hydroxyl groups is 1. The number of aryl methyl sites for hydroxylation is 2. The van der Waals surface area contributed by atoms with Crippen LogP contribution < -0.4 is 5.32 Å². The zero-order valence-corrected chi connectivity index (χ0v) is 18.4. The summed E-state index contributed by atoms with van der Waals surface area (Å²) in [6.07, 6.45) is -4.20. The van der Waals surface area contributed by atoms with Gasteiger partial charge in [0, 0.05) is 38.8 Å². The van der Waals surface area contributed by atoms with Crippen LogP contribution in [0.4, 0.5) is 13.2 Å². The highest BCUT2D eigenvalue weighted by molar-refractivity contribution is 7.89. The lowest BCUT2D eigenvalue weighted by molar-refractivity contribution is -0.139. The van der Waals surface area contributed by atoms with E-state index in [0.29, 0.717) is 5.82 Å². The van der Waals surface area contributed by atoms with Gasteiger partial charge in [-0.2, -0.15) is 17.5 Å². The molecule has 0 bridgehead atoms. The molecule has 2 aromatic rings. The van der Waals surface area contributed by atoms with E-state index >= 15 is 0 Å². The molecule has 2 N–H and O–H groups in total. The lowest BCUT2D eigenvalue weighted by Crippen LogP contribution is -2.43. The smallest absolute Gasteiger partial charge is 0.387 e. The number of carbonyl (C=O) groups excluding carboxylic acids is 1. The van der Waals surface area contributed by atoms with Crippen LogP contribution in [-0.4, -0.2) is 52.9 Å². The summed E-state index contributed by atoms with van der Waals surface area (Å²) in [5, 5.41) is 12.6. The molecule has 0 radical (unpaired) electrons. The number of carbonyl (C=O) groups is 1. The Balaban J connectivity index is 1.56. The quantitative estimate of drug-likeness (QED) is 0.667. The summed E-state index contributed by atoms with van der Waals surface area (Å²) in [4.78, 5) is 16.5. The molecule has 1 aliphatic rings. The summed E-state index contributed by atoms with van der Waals surface area (Å²) in [5.41, 5.74) is -1.27. The van der Waals surface area contributed by atoms with Gasteiger partial charge < -0.3 is 15.0 Å². The number of hydrogen-bond acceptors (Lipinski definition) is 5. The van der Waals surface area contributed by atoms with Gasteiger partial charge in [0.15, 0.2) is 5.03 Å². The van der Waals surface area contributed by atoms with Crippen molar-refractivity contribution in [2.45, 2.75) is 37.1 Å². The van der Waals surface area contributed by atoms with Gasteiger partial charge in [-0.3, -0.25) is 4.79 Å². The van der Waals surface area contributed by atoms with Gasteiger partial charge in [0.05, 0.1) is 11.7 Å². The normalized spacial score (nSPS) is 17.3. The number of piperidine rings is 1. The Morgan fingerprint density at radius 2 is 1.91 bits per heavy atom. The highest BCUT2D eigenvalue weighted by Gasteiger charge is 2.36. The van der Waals surface area contributed by atoms with Gasteiger partial charge in [0.25, 0.3) is 10.0 Å². The Morgan fingerprint density at radius 1 is 1.28 bits per heavy atom. The first-order valence-electron chi connectivity index (χ1n) is 10.0. The molecular formula is C20H25F3N4O4S. The van der Waals surface area contributed by atoms with Crippen LogP contribution in [0.25, 0.3) is 0 Å². The maximum atomic E-state index is 13.1. The van der Waals surface area contributed by atoms with Crippen LogP contribution >= 0.6 is 0 Å². The Hall–Kier alpha value is -2.44. The van der Waals surface area contributed by atoms with Crippen LogP contribution in [0.1, 0.15) is 35.9 Å². The largest absolute Gasteiger partial charge is 0.416 e. The minimum Gasteiger partial charge on any atom is -0.387 e. The molecule has 32 heavy (non-hydrogen) atoms. The third-order valence-corrected chi connectivity index (χ3v) is 7.38. The number of aromatic nitrogens is 2. The van der Waals surface area contributed by atoms with E-state index in [1.54, 1.807) is 18.5 Å². The number of halogens is 3. The molecule has 0 spiro atoms. The van der Waals surface area contributed by atoms with Gasteiger partial charge in [0.2, 0.25) is 5.91 Å². The molecule has 1 fully saturated rings. The Morgan fingerprint density at radius 3 is 2.47 bits per heavy atom. The van der Waals surface area contributed by atoms with E-state index in [9.17, 15) is 31.5 Å². The van der Waals surface area contributed by atoms with E-state index in [4.69, 9.17) is 0 Å². The predicted octanol–water partition coefficient (Wildman–Crippen LogP) is 2.00. The summed E-state index contributed by atoms with van der Waals surface area (Å²) in [7, 11) is -2.08. The van der Waals surface area contributed by atoms with E-state index in [1.807, 2.05) is 0 Å². The van der Waals surface area contributed by atoms with Gasteiger partial charge in [-0.25, -0.2) is 13.4 Å². The number of rotatable bonds is 6. The predicted molar refractivity (Wildman–Crippen MR) is 109 cm³/mol. The van der Waals surface area contributed by atoms with Gasteiger partial charge in [-0.05, 0) is 31.4 Å². The molecule has 3 rings (SSSR count). The number of nitrogens with zero attached hydrogens (tertiary/aromatic N) is 3. The van der Waals surface area contributed by atoms with Crippen molar-refractivity contribution in [1.29, 1.82) is 0 Å². The number of imidazole rings is 1. The number of benzene rings is 1. The first-order chi connectivity index (χ1) is 14.9. The van der Waals surface area contributed by atoms with Crippen molar-refractivity contribution in [3.8, 4) is 0 Å². The zero-order valence-electron chi connectivity index (χ0n) is 17.6. The topological polar surface area (TPSA) is 105 Å². The standard InChI is InChI=1S/C20H25F3N4O4S/c1-13-25-18(12-26(13)2)32(30,31)27-9-7-14(8-10-27)19(29)24-11-17(28)15-5-3-4-6-16(15)20(21,22)23/h3-6,12,14,17,28H,7-11H2,1-2H3,(H,24,29). The van der Waals surface area contributed by atoms with Gasteiger partial charge in [0.1, 0.15) is 5.82 Å². The van der Waals surface area contributed by atoms with Crippen molar-refractivity contribution in [3.05, 3.63) is 47.4 Å². The molecule has 2 heterocycles. The third kappa shape index (κ3) is 5.13. The maximum Gasteiger partial charge on any atom is 0.416 e. The van der Waals surface area contributed by atoms with Crippen molar-refractivity contribution in [2.24, 2.45) is 13.0 Å². The fraction of sp³-hybridized carbons (Fsp3) is 0.500. The van der Waals surface area contributed by atoms with E-state index in [-0.39, 0.29) is 43.1 Å². The molecule has 1 aliphatic heterocycles. The number of nitrogens with one attached hydrogen (secondary N) is 1. The van der Waals surface area contributed by atoms with Crippen molar-refractivity contribution in [2.75, 3.05) is 19.6 Å². The Kier molecular flexibility index (Phi) is 6.96. The van der Waals surface area contributed by atoms with E-state index in [0.717, 1.165) is 6.07 Å². The van der Waals surface area contributed by atoms with Crippen LogP contribution in [0, 0.1) is 12.8 Å². The number of aliphatic hydroxyl groups excluding tert-OH is 1. The fourth-order valence-electron chi connectivity index (χ4n) is 3.64. The third-order valence-electron chi connectivity index (χ3n) is 5.61. The number of sulfonamides is 1. The first-order valence-corrected chi connectivity index (χ1v) is 11.5. The molecule has 0 saturated carbocycles. The summed E-state index contributed by atoms with van der Waals surface area (Å²) >= 11 is 0. The molecule has 12 heteroatoms. The van der Waals surface area contributed by atoms with Crippen molar-refractivity contribution >= 4 is 15.9 Å². The van der Waals surface area contributed by atoms with Gasteiger partial charge in [-0.15, -0.1) is 0 Å². The first kappa shape index (κ1) is 24.2. The molecule has 8 nitrogen and oxygen atoms in total. The molecule has 176 valence electrons. The lowest BCUT2D eigenvalue weighted by Gasteiger charge is -2.30. The molecule has 1 aromatic heterocycles. The Bertz CT molecular complexity index is 1060. The number of alkyl halides is 3. The minimum absolute atomic E-state index is 0.0492. The molecule has 1 amide bonds. The lowest BCUT2D eigenvalue weighted by atomic mass is 9.96. The highest BCUT2D eigenvalue weighted by Crippen LogP contribution is 2.34. The molecular weight excluding hydrogens is 449 g/mol. The van der Waals surface area contributed by atoms with Crippen LogP contribution in [0.3, 0.4) is 0 Å². The fourth-order valence-corrected chi connectivity index (χ4v) is 5.13. The average Bonchev–Trinajstić information content (AvgIpc) is 3.10. The van der Waals surface area contributed by atoms with E-state index in [1.165, 1.54) is 28.7 Å². The minimum atomic E-state index is -4.62. The van der Waals surface area contributed by atoms with Crippen LogP contribution in [-0.2, 0) is 28.0 Å². The van der Waals surface area contributed by atoms with Crippen molar-refractivity contribution in [3.63, 3.8) is 0 Å². The van der Waals surface area contributed by atoms with Crippen LogP contribution in [0.15, 0.2) is 35.5 Å². The molecule has 1 atom stereocenters.